The Labute approximate surface area is 202 Å². The van der Waals surface area contributed by atoms with Gasteiger partial charge in [0.15, 0.2) is 11.7 Å². The number of benzene rings is 3. The van der Waals surface area contributed by atoms with E-state index in [1.165, 1.54) is 0 Å². The Morgan fingerprint density at radius 1 is 0.935 bits per heavy atom. The predicted molar refractivity (Wildman–Crippen MR) is 132 cm³/mol. The van der Waals surface area contributed by atoms with Gasteiger partial charge in [-0.3, -0.25) is 20.4 Å². The van der Waals surface area contributed by atoms with Crippen LogP contribution in [0.5, 0.6) is 5.75 Å². The number of aryl methyl sites for hydroxylation is 1. The van der Waals surface area contributed by atoms with Gasteiger partial charge in [0.2, 0.25) is 5.91 Å². The van der Waals surface area contributed by atoms with Gasteiger partial charge in [-0.15, -0.1) is 0 Å². The molecular formula is C22H19Br2N3O3S. The van der Waals surface area contributed by atoms with Crippen LogP contribution in [-0.4, -0.2) is 23.5 Å². The molecule has 3 aromatic carbocycles. The summed E-state index contributed by atoms with van der Waals surface area (Å²) in [6.45, 7) is -0.224. The molecule has 6 nitrogen and oxygen atoms in total. The topological polar surface area (TPSA) is 79.5 Å². The molecule has 31 heavy (non-hydrogen) atoms. The van der Waals surface area contributed by atoms with E-state index in [1.807, 2.05) is 54.6 Å². The number of hydrogen-bond acceptors (Lipinski definition) is 4. The lowest BCUT2D eigenvalue weighted by Gasteiger charge is -2.13. The minimum Gasteiger partial charge on any atom is -0.483 e. The maximum absolute atomic E-state index is 12.0. The van der Waals surface area contributed by atoms with Gasteiger partial charge >= 0.3 is 0 Å². The smallest absolute Gasteiger partial charge is 0.276 e. The molecule has 3 aromatic rings. The highest BCUT2D eigenvalue weighted by Gasteiger charge is 2.10. The Morgan fingerprint density at radius 2 is 1.71 bits per heavy atom. The van der Waals surface area contributed by atoms with E-state index in [-0.39, 0.29) is 24.0 Å². The van der Waals surface area contributed by atoms with E-state index in [0.717, 1.165) is 25.3 Å². The van der Waals surface area contributed by atoms with Crippen molar-refractivity contribution in [3.8, 4) is 5.75 Å². The van der Waals surface area contributed by atoms with Crippen LogP contribution in [0.2, 0.25) is 0 Å². The van der Waals surface area contributed by atoms with Gasteiger partial charge in [-0.2, -0.15) is 0 Å². The third-order valence-electron chi connectivity index (χ3n) is 4.29. The molecule has 0 atom stereocenters. The first-order valence-corrected chi connectivity index (χ1v) is 11.3. The van der Waals surface area contributed by atoms with Gasteiger partial charge in [0.05, 0.1) is 4.47 Å². The summed E-state index contributed by atoms with van der Waals surface area (Å²) in [7, 11) is 0. The number of nitrogens with one attached hydrogen (secondary N) is 3. The van der Waals surface area contributed by atoms with Gasteiger partial charge in [0, 0.05) is 10.9 Å². The van der Waals surface area contributed by atoms with Crippen LogP contribution in [0.4, 0.5) is 0 Å². The van der Waals surface area contributed by atoms with Crippen LogP contribution in [0.1, 0.15) is 12.0 Å². The van der Waals surface area contributed by atoms with Crippen molar-refractivity contribution in [3.05, 3.63) is 75.2 Å². The standard InChI is InChI=1S/C22H19Br2N3O3S/c23-16-8-9-17-15(12-16)7-10-18(21(17)24)30-13-20(29)26-27-22(31)25-19(28)11-6-14-4-2-1-3-5-14/h1-5,7-10,12H,6,11,13H2,(H,26,29)(H2,25,27,28,31). The van der Waals surface area contributed by atoms with Crippen LogP contribution < -0.4 is 20.9 Å². The maximum atomic E-state index is 12.0. The summed E-state index contributed by atoms with van der Waals surface area (Å²) in [6.07, 6.45) is 0.891. The summed E-state index contributed by atoms with van der Waals surface area (Å²) in [4.78, 5) is 24.0. The van der Waals surface area contributed by atoms with E-state index in [2.05, 4.69) is 48.0 Å². The third-order valence-corrected chi connectivity index (χ3v) is 5.81. The zero-order chi connectivity index (χ0) is 22.2. The summed E-state index contributed by atoms with van der Waals surface area (Å²) >= 11 is 12.0. The van der Waals surface area contributed by atoms with Gasteiger partial charge in [-0.25, -0.2) is 0 Å². The van der Waals surface area contributed by atoms with Crippen molar-refractivity contribution in [1.82, 2.24) is 16.2 Å². The molecule has 0 fully saturated rings. The Bertz CT molecular complexity index is 1110. The van der Waals surface area contributed by atoms with E-state index in [4.69, 9.17) is 17.0 Å². The molecule has 160 valence electrons. The fourth-order valence-corrected chi connectivity index (χ4v) is 3.93. The second-order valence-corrected chi connectivity index (χ2v) is 8.68. The lowest BCUT2D eigenvalue weighted by Crippen LogP contribution is -2.49. The number of rotatable bonds is 6. The van der Waals surface area contributed by atoms with Crippen LogP contribution in [0.3, 0.4) is 0 Å². The SMILES string of the molecule is O=C(COc1ccc2cc(Br)ccc2c1Br)NNC(=S)NC(=O)CCc1ccccc1. The number of ether oxygens (including phenoxy) is 1. The highest BCUT2D eigenvalue weighted by Crippen LogP contribution is 2.34. The lowest BCUT2D eigenvalue weighted by atomic mass is 10.1. The van der Waals surface area contributed by atoms with Gasteiger partial charge in [0.25, 0.3) is 5.91 Å². The quantitative estimate of drug-likeness (QED) is 0.305. The number of thiocarbonyl (C=S) groups is 1. The summed E-state index contributed by atoms with van der Waals surface area (Å²) < 4.78 is 7.34. The normalized spacial score (nSPS) is 10.4. The molecule has 0 aliphatic heterocycles. The Hall–Kier alpha value is -2.49. The average molecular weight is 565 g/mol. The highest BCUT2D eigenvalue weighted by molar-refractivity contribution is 9.11. The van der Waals surface area contributed by atoms with E-state index in [9.17, 15) is 9.59 Å². The number of hydrazine groups is 1. The largest absolute Gasteiger partial charge is 0.483 e. The van der Waals surface area contributed by atoms with E-state index >= 15 is 0 Å². The van der Waals surface area contributed by atoms with Gasteiger partial charge < -0.3 is 10.1 Å². The summed E-state index contributed by atoms with van der Waals surface area (Å²) in [5.74, 6) is -0.135. The summed E-state index contributed by atoms with van der Waals surface area (Å²) in [5.41, 5.74) is 5.97. The Kier molecular flexibility index (Phi) is 8.39. The van der Waals surface area contributed by atoms with Crippen LogP contribution in [-0.2, 0) is 16.0 Å². The molecule has 0 saturated heterocycles. The van der Waals surface area contributed by atoms with Crippen LogP contribution in [0, 0.1) is 0 Å². The number of amides is 2. The summed E-state index contributed by atoms with van der Waals surface area (Å²) in [6, 6.07) is 19.3. The van der Waals surface area contributed by atoms with E-state index in [1.54, 1.807) is 6.07 Å². The predicted octanol–water partition coefficient (Wildman–Crippen LogP) is 4.40. The van der Waals surface area contributed by atoms with Gasteiger partial charge in [-0.05, 0) is 69.1 Å². The molecule has 0 aliphatic carbocycles. The molecule has 0 spiro atoms. The van der Waals surface area contributed by atoms with Crippen molar-refractivity contribution in [1.29, 1.82) is 0 Å². The zero-order valence-electron chi connectivity index (χ0n) is 16.3. The fraction of sp³-hybridized carbons (Fsp3) is 0.136. The molecule has 9 heteroatoms. The Balaban J connectivity index is 1.41. The van der Waals surface area contributed by atoms with Crippen LogP contribution in [0.15, 0.2) is 69.6 Å². The van der Waals surface area contributed by atoms with Crippen molar-refractivity contribution in [2.75, 3.05) is 6.61 Å². The Morgan fingerprint density at radius 3 is 2.48 bits per heavy atom. The lowest BCUT2D eigenvalue weighted by molar-refractivity contribution is -0.124. The minimum absolute atomic E-state index is 0.0175. The minimum atomic E-state index is -0.441. The number of hydrogen-bond donors (Lipinski definition) is 3. The molecule has 0 unspecified atom stereocenters. The first kappa shape index (κ1) is 23.2. The van der Waals surface area contributed by atoms with Crippen molar-refractivity contribution < 1.29 is 14.3 Å². The molecule has 0 bridgehead atoms. The fourth-order valence-electron chi connectivity index (χ4n) is 2.78. The zero-order valence-corrected chi connectivity index (χ0v) is 20.3. The van der Waals surface area contributed by atoms with Gasteiger partial charge in [0.1, 0.15) is 5.75 Å². The first-order chi connectivity index (χ1) is 14.9. The number of carbonyl (C=O) groups is 2. The second kappa shape index (κ2) is 11.2. The van der Waals surface area contributed by atoms with Crippen molar-refractivity contribution in [3.63, 3.8) is 0 Å². The number of fused-ring (bicyclic) bond motifs is 1. The first-order valence-electron chi connectivity index (χ1n) is 9.35. The molecule has 0 heterocycles. The molecule has 2 amide bonds. The molecular weight excluding hydrogens is 546 g/mol. The van der Waals surface area contributed by atoms with Crippen molar-refractivity contribution in [2.45, 2.75) is 12.8 Å². The highest BCUT2D eigenvalue weighted by atomic mass is 79.9. The summed E-state index contributed by atoms with van der Waals surface area (Å²) in [5, 5.41) is 4.55. The third kappa shape index (κ3) is 7.02. The van der Waals surface area contributed by atoms with Crippen LogP contribution >= 0.6 is 44.1 Å². The van der Waals surface area contributed by atoms with Crippen molar-refractivity contribution in [2.24, 2.45) is 0 Å². The molecule has 3 N–H and O–H groups in total. The number of carbonyl (C=O) groups excluding carboxylic acids is 2. The van der Waals surface area contributed by atoms with E-state index in [0.29, 0.717) is 12.2 Å². The maximum Gasteiger partial charge on any atom is 0.276 e. The van der Waals surface area contributed by atoms with Gasteiger partial charge in [-0.1, -0.05) is 58.4 Å². The molecule has 0 aliphatic rings. The molecule has 0 aromatic heterocycles. The molecule has 0 saturated carbocycles. The monoisotopic (exact) mass is 563 g/mol. The van der Waals surface area contributed by atoms with Crippen LogP contribution in [0.25, 0.3) is 10.8 Å². The molecule has 3 rings (SSSR count). The van der Waals surface area contributed by atoms with Crippen molar-refractivity contribution >= 4 is 71.8 Å². The van der Waals surface area contributed by atoms with E-state index < -0.39 is 5.91 Å². The average Bonchev–Trinajstić information content (AvgIpc) is 2.76. The second-order valence-electron chi connectivity index (χ2n) is 6.57. The number of halogens is 2. The molecule has 0 radical (unpaired) electrons.